The molecule has 37 heavy (non-hydrogen) atoms. The van der Waals surface area contributed by atoms with Crippen molar-refractivity contribution in [2.45, 2.75) is 53.2 Å². The number of aryl methyl sites for hydroxylation is 1. The molecule has 0 N–H and O–H groups in total. The van der Waals surface area contributed by atoms with Gasteiger partial charge >= 0.3 is 5.97 Å². The largest absolute Gasteiger partial charge is 0.493 e. The molecule has 0 aliphatic carbocycles. The van der Waals surface area contributed by atoms with Gasteiger partial charge < -0.3 is 18.9 Å². The zero-order chi connectivity index (χ0) is 26.2. The fourth-order valence-corrected chi connectivity index (χ4v) is 5.99. The summed E-state index contributed by atoms with van der Waals surface area (Å²) in [7, 11) is 0. The average Bonchev–Trinajstić information content (AvgIpc) is 3.37. The molecule has 2 heterocycles. The van der Waals surface area contributed by atoms with Gasteiger partial charge in [0.15, 0.2) is 5.60 Å². The normalized spacial score (nSPS) is 16.6. The molecular weight excluding hydrogens is 460 g/mol. The number of benzene rings is 3. The maximum atomic E-state index is 13.5. The van der Waals surface area contributed by atoms with Crippen LogP contribution in [0.2, 0.25) is 0 Å². The lowest BCUT2D eigenvalue weighted by Crippen LogP contribution is -2.31. The number of hydrogen-bond acceptors (Lipinski definition) is 4. The molecule has 4 aromatic rings. The van der Waals surface area contributed by atoms with Crippen LogP contribution in [0.25, 0.3) is 10.9 Å². The van der Waals surface area contributed by atoms with Crippen molar-refractivity contribution in [1.29, 1.82) is 0 Å². The van der Waals surface area contributed by atoms with Crippen molar-refractivity contribution in [2.24, 2.45) is 0 Å². The number of aromatic nitrogens is 1. The van der Waals surface area contributed by atoms with E-state index in [0.717, 1.165) is 70.8 Å². The second-order valence-corrected chi connectivity index (χ2v) is 9.53. The number of rotatable bonds is 9. The number of anilines is 1. The van der Waals surface area contributed by atoms with E-state index in [1.807, 2.05) is 31.2 Å². The van der Waals surface area contributed by atoms with E-state index in [-0.39, 0.29) is 5.97 Å². The summed E-state index contributed by atoms with van der Waals surface area (Å²) in [6, 6.07) is 22.5. The van der Waals surface area contributed by atoms with Crippen LogP contribution in [0.4, 0.5) is 5.69 Å². The third kappa shape index (κ3) is 3.79. The Kier molecular flexibility index (Phi) is 6.72. The zero-order valence-corrected chi connectivity index (χ0v) is 22.5. The van der Waals surface area contributed by atoms with Crippen LogP contribution in [0, 0.1) is 6.92 Å². The molecule has 1 aliphatic rings. The Hall–Kier alpha value is -3.73. The summed E-state index contributed by atoms with van der Waals surface area (Å²) in [6.07, 6.45) is 1.01. The zero-order valence-electron chi connectivity index (χ0n) is 22.5. The van der Waals surface area contributed by atoms with Gasteiger partial charge in [0.05, 0.1) is 12.2 Å². The number of cyclic esters (lactones) is 1. The van der Waals surface area contributed by atoms with Crippen molar-refractivity contribution < 1.29 is 14.3 Å². The van der Waals surface area contributed by atoms with Crippen LogP contribution in [0.3, 0.4) is 0 Å². The van der Waals surface area contributed by atoms with E-state index in [2.05, 4.69) is 79.6 Å². The molecule has 0 spiro atoms. The molecule has 0 bridgehead atoms. The van der Waals surface area contributed by atoms with Crippen LogP contribution in [0.1, 0.15) is 66.9 Å². The molecule has 1 unspecified atom stereocenters. The number of esters is 1. The highest BCUT2D eigenvalue weighted by atomic mass is 16.6. The van der Waals surface area contributed by atoms with Gasteiger partial charge in [0.2, 0.25) is 0 Å². The third-order valence-corrected chi connectivity index (χ3v) is 7.58. The molecule has 5 heteroatoms. The highest BCUT2D eigenvalue weighted by Gasteiger charge is 2.52. The highest BCUT2D eigenvalue weighted by Crippen LogP contribution is 2.53. The number of ether oxygens (including phenoxy) is 2. The Balaban J connectivity index is 1.90. The lowest BCUT2D eigenvalue weighted by atomic mass is 9.78. The van der Waals surface area contributed by atoms with Crippen molar-refractivity contribution in [2.75, 3.05) is 24.6 Å². The summed E-state index contributed by atoms with van der Waals surface area (Å²) < 4.78 is 15.2. The van der Waals surface area contributed by atoms with Gasteiger partial charge in [-0.05, 0) is 58.4 Å². The van der Waals surface area contributed by atoms with E-state index in [9.17, 15) is 4.79 Å². The van der Waals surface area contributed by atoms with Gasteiger partial charge in [0.25, 0.3) is 0 Å². The summed E-state index contributed by atoms with van der Waals surface area (Å²) in [5.41, 5.74) is 5.54. The maximum Gasteiger partial charge on any atom is 0.340 e. The number of hydrogen-bond donors (Lipinski definition) is 0. The molecule has 5 rings (SSSR count). The molecule has 192 valence electrons. The number of para-hydroxylation sites is 1. The van der Waals surface area contributed by atoms with Crippen LogP contribution in [-0.4, -0.2) is 30.2 Å². The van der Waals surface area contributed by atoms with Crippen molar-refractivity contribution in [3.05, 3.63) is 94.7 Å². The fourth-order valence-electron chi connectivity index (χ4n) is 5.99. The molecular formula is C32H36N2O3. The minimum atomic E-state index is -1.12. The van der Waals surface area contributed by atoms with Gasteiger partial charge in [-0.15, -0.1) is 0 Å². The first-order valence-corrected chi connectivity index (χ1v) is 13.4. The van der Waals surface area contributed by atoms with E-state index >= 15 is 0 Å². The third-order valence-electron chi connectivity index (χ3n) is 7.58. The summed E-state index contributed by atoms with van der Waals surface area (Å²) in [5.74, 6) is 0.431. The summed E-state index contributed by atoms with van der Waals surface area (Å²) in [4.78, 5) is 15.8. The molecule has 0 saturated carbocycles. The first kappa shape index (κ1) is 24.9. The van der Waals surface area contributed by atoms with Crippen molar-refractivity contribution >= 4 is 22.6 Å². The summed E-state index contributed by atoms with van der Waals surface area (Å²) in [5, 5.41) is 1.09. The highest BCUT2D eigenvalue weighted by molar-refractivity contribution is 5.99. The van der Waals surface area contributed by atoms with E-state index < -0.39 is 5.60 Å². The quantitative estimate of drug-likeness (QED) is 0.233. The predicted octanol–water partition coefficient (Wildman–Crippen LogP) is 7.07. The second-order valence-electron chi connectivity index (χ2n) is 9.53. The minimum Gasteiger partial charge on any atom is -0.493 e. The molecule has 0 fully saturated rings. The predicted molar refractivity (Wildman–Crippen MR) is 150 cm³/mol. The number of fused-ring (bicyclic) bond motifs is 2. The Labute approximate surface area is 219 Å². The topological polar surface area (TPSA) is 43.7 Å². The van der Waals surface area contributed by atoms with Gasteiger partial charge in [-0.3, -0.25) is 0 Å². The molecule has 1 atom stereocenters. The van der Waals surface area contributed by atoms with Crippen LogP contribution in [0.5, 0.6) is 5.75 Å². The van der Waals surface area contributed by atoms with Crippen molar-refractivity contribution in [3.63, 3.8) is 0 Å². The van der Waals surface area contributed by atoms with Crippen molar-refractivity contribution in [3.8, 4) is 5.75 Å². The van der Waals surface area contributed by atoms with Crippen LogP contribution >= 0.6 is 0 Å². The van der Waals surface area contributed by atoms with Crippen LogP contribution in [-0.2, 0) is 16.9 Å². The second kappa shape index (κ2) is 9.97. The van der Waals surface area contributed by atoms with E-state index in [1.165, 1.54) is 0 Å². The van der Waals surface area contributed by atoms with Crippen LogP contribution < -0.4 is 9.64 Å². The molecule has 1 aromatic heterocycles. The minimum absolute atomic E-state index is 0.308. The summed E-state index contributed by atoms with van der Waals surface area (Å²) >= 11 is 0. The summed E-state index contributed by atoms with van der Waals surface area (Å²) in [6.45, 7) is 13.8. The average molecular weight is 497 g/mol. The van der Waals surface area contributed by atoms with Gasteiger partial charge in [-0.1, -0.05) is 43.3 Å². The SMILES string of the molecule is CCCn1c(C)c(C2(c3ccc(N(CC)CC)cc3OCC)OC(=O)c3ccccc32)c2ccccc21. The molecule has 1 aliphatic heterocycles. The molecule has 0 saturated heterocycles. The molecule has 3 aromatic carbocycles. The first-order chi connectivity index (χ1) is 18.0. The number of carbonyl (C=O) groups is 1. The first-order valence-electron chi connectivity index (χ1n) is 13.4. The van der Waals surface area contributed by atoms with Gasteiger partial charge in [-0.25, -0.2) is 4.79 Å². The van der Waals surface area contributed by atoms with Gasteiger partial charge in [0.1, 0.15) is 5.75 Å². The van der Waals surface area contributed by atoms with Gasteiger partial charge in [-0.2, -0.15) is 0 Å². The van der Waals surface area contributed by atoms with E-state index in [4.69, 9.17) is 9.47 Å². The number of carbonyl (C=O) groups excluding carboxylic acids is 1. The Morgan fingerprint density at radius 1 is 0.919 bits per heavy atom. The molecule has 0 amide bonds. The Bertz CT molecular complexity index is 1450. The Morgan fingerprint density at radius 3 is 2.38 bits per heavy atom. The molecule has 5 nitrogen and oxygen atoms in total. The Morgan fingerprint density at radius 2 is 1.65 bits per heavy atom. The standard InChI is InChI=1S/C32H36N2O3/c1-6-20-34-22(5)30(25-15-11-13-17-28(25)34)32(26-16-12-10-14-24(26)31(35)37-32)27-19-18-23(33(7-2)8-3)21-29(27)36-9-4/h10-19,21H,6-9,20H2,1-5H3. The smallest absolute Gasteiger partial charge is 0.340 e. The fraction of sp³-hybridized carbons (Fsp3) is 0.344. The lowest BCUT2D eigenvalue weighted by Gasteiger charge is -2.33. The lowest BCUT2D eigenvalue weighted by molar-refractivity contribution is 0.0246. The van der Waals surface area contributed by atoms with Gasteiger partial charge in [0, 0.05) is 64.7 Å². The van der Waals surface area contributed by atoms with E-state index in [1.54, 1.807) is 0 Å². The maximum absolute atomic E-state index is 13.5. The van der Waals surface area contributed by atoms with Crippen LogP contribution in [0.15, 0.2) is 66.7 Å². The molecule has 0 radical (unpaired) electrons. The van der Waals surface area contributed by atoms with E-state index in [0.29, 0.717) is 12.2 Å². The monoisotopic (exact) mass is 496 g/mol. The van der Waals surface area contributed by atoms with Crippen molar-refractivity contribution in [1.82, 2.24) is 4.57 Å². The number of nitrogens with zero attached hydrogens (tertiary/aromatic N) is 2.